The molecular formula is C18H17FO5. The van der Waals surface area contributed by atoms with Crippen LogP contribution in [0, 0.1) is 5.82 Å². The van der Waals surface area contributed by atoms with Crippen LogP contribution in [0.3, 0.4) is 0 Å². The molecule has 1 heterocycles. The minimum Gasteiger partial charge on any atom is -0.496 e. The molecule has 0 aliphatic carbocycles. The van der Waals surface area contributed by atoms with Crippen molar-refractivity contribution < 1.29 is 28.5 Å². The molecule has 0 saturated heterocycles. The van der Waals surface area contributed by atoms with E-state index in [1.165, 1.54) is 25.3 Å². The lowest BCUT2D eigenvalue weighted by atomic mass is 9.91. The van der Waals surface area contributed by atoms with E-state index in [1.807, 2.05) is 0 Å². The van der Waals surface area contributed by atoms with Crippen molar-refractivity contribution in [2.45, 2.75) is 12.3 Å². The van der Waals surface area contributed by atoms with Gasteiger partial charge in [0.25, 0.3) is 0 Å². The third-order valence-electron chi connectivity index (χ3n) is 3.91. The molecule has 1 aliphatic rings. The van der Waals surface area contributed by atoms with Crippen LogP contribution < -0.4 is 14.2 Å². The molecule has 6 heteroatoms. The predicted octanol–water partition coefficient (Wildman–Crippen LogP) is 3.02. The standard InChI is InChI=1S/C18H17FO5/c1-22-15-5-3-12(19)10-13(15)14(18(20)21)8-11-2-4-16-17(9-11)24-7-6-23-16/h2-5,9-10,14H,6-8H2,1H3,(H,20,21). The van der Waals surface area contributed by atoms with Crippen LogP contribution in [0.1, 0.15) is 17.0 Å². The summed E-state index contributed by atoms with van der Waals surface area (Å²) in [5.74, 6) is -0.901. The van der Waals surface area contributed by atoms with Crippen LogP contribution in [0.4, 0.5) is 4.39 Å². The molecule has 0 bridgehead atoms. The first-order valence-electron chi connectivity index (χ1n) is 7.53. The number of methoxy groups -OCH3 is 1. The number of carboxylic acids is 1. The van der Waals surface area contributed by atoms with Crippen LogP contribution in [0.25, 0.3) is 0 Å². The van der Waals surface area contributed by atoms with E-state index in [0.29, 0.717) is 36.0 Å². The first kappa shape index (κ1) is 16.1. The van der Waals surface area contributed by atoms with Crippen molar-refractivity contribution in [3.8, 4) is 17.2 Å². The summed E-state index contributed by atoms with van der Waals surface area (Å²) in [4.78, 5) is 11.7. The summed E-state index contributed by atoms with van der Waals surface area (Å²) in [6, 6.07) is 9.18. The number of hydrogen-bond acceptors (Lipinski definition) is 4. The third kappa shape index (κ3) is 3.27. The number of aliphatic carboxylic acids is 1. The van der Waals surface area contributed by atoms with Crippen LogP contribution in [-0.2, 0) is 11.2 Å². The fourth-order valence-corrected chi connectivity index (χ4v) is 2.76. The number of fused-ring (bicyclic) bond motifs is 1. The van der Waals surface area contributed by atoms with Gasteiger partial charge in [-0.3, -0.25) is 4.79 Å². The molecule has 0 aromatic heterocycles. The summed E-state index contributed by atoms with van der Waals surface area (Å²) in [5.41, 5.74) is 1.07. The van der Waals surface area contributed by atoms with E-state index in [9.17, 15) is 14.3 Å². The number of benzene rings is 2. The van der Waals surface area contributed by atoms with E-state index in [0.717, 1.165) is 5.56 Å². The molecule has 1 atom stereocenters. The average Bonchev–Trinajstić information content (AvgIpc) is 2.59. The zero-order valence-electron chi connectivity index (χ0n) is 13.1. The van der Waals surface area contributed by atoms with Crippen molar-refractivity contribution in [2.75, 3.05) is 20.3 Å². The summed E-state index contributed by atoms with van der Waals surface area (Å²) in [7, 11) is 1.43. The summed E-state index contributed by atoms with van der Waals surface area (Å²) in [6.07, 6.45) is 0.186. The maximum atomic E-state index is 13.6. The summed E-state index contributed by atoms with van der Waals surface area (Å²) < 4.78 is 29.7. The lowest BCUT2D eigenvalue weighted by molar-refractivity contribution is -0.138. The number of ether oxygens (including phenoxy) is 3. The fraction of sp³-hybridized carbons (Fsp3) is 0.278. The molecule has 126 valence electrons. The highest BCUT2D eigenvalue weighted by Crippen LogP contribution is 2.34. The highest BCUT2D eigenvalue weighted by Gasteiger charge is 2.25. The monoisotopic (exact) mass is 332 g/mol. The zero-order chi connectivity index (χ0) is 17.1. The van der Waals surface area contributed by atoms with E-state index in [1.54, 1.807) is 18.2 Å². The van der Waals surface area contributed by atoms with Crippen molar-refractivity contribution >= 4 is 5.97 Å². The molecule has 1 unspecified atom stereocenters. The molecule has 0 amide bonds. The van der Waals surface area contributed by atoms with Gasteiger partial charge in [0, 0.05) is 5.56 Å². The van der Waals surface area contributed by atoms with Gasteiger partial charge in [0.15, 0.2) is 11.5 Å². The van der Waals surface area contributed by atoms with Gasteiger partial charge in [-0.2, -0.15) is 0 Å². The summed E-state index contributed by atoms with van der Waals surface area (Å²) in [5, 5.41) is 9.60. The van der Waals surface area contributed by atoms with Gasteiger partial charge in [0.1, 0.15) is 24.8 Å². The fourth-order valence-electron chi connectivity index (χ4n) is 2.76. The molecule has 24 heavy (non-hydrogen) atoms. The Morgan fingerprint density at radius 1 is 1.21 bits per heavy atom. The minimum atomic E-state index is -1.05. The maximum absolute atomic E-state index is 13.6. The van der Waals surface area contributed by atoms with E-state index >= 15 is 0 Å². The first-order chi connectivity index (χ1) is 11.6. The van der Waals surface area contributed by atoms with Crippen LogP contribution >= 0.6 is 0 Å². The lowest BCUT2D eigenvalue weighted by Gasteiger charge is -2.20. The molecule has 2 aromatic rings. The Bertz CT molecular complexity index is 759. The van der Waals surface area contributed by atoms with Crippen LogP contribution in [0.5, 0.6) is 17.2 Å². The maximum Gasteiger partial charge on any atom is 0.311 e. The zero-order valence-corrected chi connectivity index (χ0v) is 13.1. The molecule has 3 rings (SSSR count). The van der Waals surface area contributed by atoms with Gasteiger partial charge in [0.2, 0.25) is 0 Å². The van der Waals surface area contributed by atoms with Crippen molar-refractivity contribution in [2.24, 2.45) is 0 Å². The van der Waals surface area contributed by atoms with Crippen LogP contribution in [-0.4, -0.2) is 31.4 Å². The van der Waals surface area contributed by atoms with Gasteiger partial charge >= 0.3 is 5.97 Å². The Morgan fingerprint density at radius 3 is 2.67 bits per heavy atom. The van der Waals surface area contributed by atoms with E-state index < -0.39 is 17.7 Å². The van der Waals surface area contributed by atoms with Gasteiger partial charge in [-0.1, -0.05) is 6.07 Å². The number of halogens is 1. The van der Waals surface area contributed by atoms with Gasteiger partial charge in [0.05, 0.1) is 13.0 Å². The number of hydrogen-bond donors (Lipinski definition) is 1. The molecule has 0 fully saturated rings. The molecule has 5 nitrogen and oxygen atoms in total. The molecule has 2 aromatic carbocycles. The van der Waals surface area contributed by atoms with Crippen molar-refractivity contribution in [3.63, 3.8) is 0 Å². The van der Waals surface area contributed by atoms with E-state index in [2.05, 4.69) is 0 Å². The van der Waals surface area contributed by atoms with Crippen LogP contribution in [0.2, 0.25) is 0 Å². The molecule has 0 spiro atoms. The summed E-state index contributed by atoms with van der Waals surface area (Å²) >= 11 is 0. The highest BCUT2D eigenvalue weighted by atomic mass is 19.1. The van der Waals surface area contributed by atoms with E-state index in [-0.39, 0.29) is 6.42 Å². The molecule has 0 radical (unpaired) electrons. The van der Waals surface area contributed by atoms with Gasteiger partial charge in [-0.25, -0.2) is 4.39 Å². The second-order valence-corrected chi connectivity index (χ2v) is 5.46. The summed E-state index contributed by atoms with van der Waals surface area (Å²) in [6.45, 7) is 0.946. The SMILES string of the molecule is COc1ccc(F)cc1C(Cc1ccc2c(c1)OCCO2)C(=O)O. The molecular weight excluding hydrogens is 315 g/mol. The minimum absolute atomic E-state index is 0.186. The van der Waals surface area contributed by atoms with Gasteiger partial charge in [-0.05, 0) is 42.3 Å². The lowest BCUT2D eigenvalue weighted by Crippen LogP contribution is -2.17. The topological polar surface area (TPSA) is 65.0 Å². The normalized spacial score (nSPS) is 14.1. The molecule has 1 aliphatic heterocycles. The Kier molecular flexibility index (Phi) is 4.55. The smallest absolute Gasteiger partial charge is 0.311 e. The van der Waals surface area contributed by atoms with E-state index in [4.69, 9.17) is 14.2 Å². The van der Waals surface area contributed by atoms with Gasteiger partial charge < -0.3 is 19.3 Å². The van der Waals surface area contributed by atoms with Crippen LogP contribution in [0.15, 0.2) is 36.4 Å². The van der Waals surface area contributed by atoms with Gasteiger partial charge in [-0.15, -0.1) is 0 Å². The number of rotatable bonds is 5. The van der Waals surface area contributed by atoms with Crippen molar-refractivity contribution in [1.29, 1.82) is 0 Å². The third-order valence-corrected chi connectivity index (χ3v) is 3.91. The predicted molar refractivity (Wildman–Crippen MR) is 84.5 cm³/mol. The first-order valence-corrected chi connectivity index (χ1v) is 7.53. The quantitative estimate of drug-likeness (QED) is 0.912. The Balaban J connectivity index is 1.93. The average molecular weight is 332 g/mol. The highest BCUT2D eigenvalue weighted by molar-refractivity contribution is 5.77. The molecule has 1 N–H and O–H groups in total. The van der Waals surface area contributed by atoms with Crippen molar-refractivity contribution in [1.82, 2.24) is 0 Å². The molecule has 0 saturated carbocycles. The largest absolute Gasteiger partial charge is 0.496 e. The number of carbonyl (C=O) groups is 1. The van der Waals surface area contributed by atoms with Crippen molar-refractivity contribution in [3.05, 3.63) is 53.3 Å². The Hall–Kier alpha value is -2.76. The number of carboxylic acid groups (broad SMARTS) is 1. The Morgan fingerprint density at radius 2 is 1.96 bits per heavy atom. The second-order valence-electron chi connectivity index (χ2n) is 5.46. The Labute approximate surface area is 138 Å². The second kappa shape index (κ2) is 6.78.